The first-order chi connectivity index (χ1) is 12.9. The highest BCUT2D eigenvalue weighted by Gasteiger charge is 2.13. The predicted octanol–water partition coefficient (Wildman–Crippen LogP) is 5.33. The molecule has 0 atom stereocenters. The van der Waals surface area contributed by atoms with E-state index in [1.807, 2.05) is 0 Å². The normalized spacial score (nSPS) is 15.7. The Kier molecular flexibility index (Phi) is 4.19. The molecule has 1 aromatic heterocycles. The van der Waals surface area contributed by atoms with Gasteiger partial charge in [-0.05, 0) is 40.6 Å². The molecular weight excluding hydrogens is 336 g/mol. The molecule has 3 heteroatoms. The van der Waals surface area contributed by atoms with Gasteiger partial charge < -0.3 is 4.57 Å². The number of hydrogen-bond acceptors (Lipinski definition) is 2. The van der Waals surface area contributed by atoms with Gasteiger partial charge in [0.05, 0.1) is 5.52 Å². The molecule has 0 bridgehead atoms. The molecule has 0 N–H and O–H groups in total. The standard InChI is InChI=1S/C23H22N2S/c1-2-5-19-16-21(9-8-18(19)4-1)25-11-10-22-20(6-3-7-23(22)25)17-24-12-14-26-15-13-24/h1-11,16H,12-15,17H2. The van der Waals surface area contributed by atoms with Gasteiger partial charge in [0, 0.05) is 48.4 Å². The van der Waals surface area contributed by atoms with Crippen molar-refractivity contribution >= 4 is 33.4 Å². The van der Waals surface area contributed by atoms with Crippen LogP contribution in [0.3, 0.4) is 0 Å². The summed E-state index contributed by atoms with van der Waals surface area (Å²) in [5, 5.41) is 3.95. The number of aromatic nitrogens is 1. The minimum Gasteiger partial charge on any atom is -0.317 e. The van der Waals surface area contributed by atoms with E-state index in [1.165, 1.54) is 57.5 Å². The molecule has 0 saturated carbocycles. The summed E-state index contributed by atoms with van der Waals surface area (Å²) in [5.41, 5.74) is 3.96. The van der Waals surface area contributed by atoms with Crippen molar-refractivity contribution in [3.05, 3.63) is 78.5 Å². The summed E-state index contributed by atoms with van der Waals surface area (Å²) < 4.78 is 2.32. The largest absolute Gasteiger partial charge is 0.317 e. The number of rotatable bonds is 3. The third-order valence-electron chi connectivity index (χ3n) is 5.33. The smallest absolute Gasteiger partial charge is 0.0531 e. The molecule has 1 fully saturated rings. The van der Waals surface area contributed by atoms with E-state index in [2.05, 4.69) is 94.2 Å². The molecule has 2 nitrogen and oxygen atoms in total. The summed E-state index contributed by atoms with van der Waals surface area (Å²) in [4.78, 5) is 2.58. The lowest BCUT2D eigenvalue weighted by molar-refractivity contribution is 0.295. The van der Waals surface area contributed by atoms with Gasteiger partial charge in [0.2, 0.25) is 0 Å². The van der Waals surface area contributed by atoms with Crippen molar-refractivity contribution in [1.82, 2.24) is 9.47 Å². The molecule has 130 valence electrons. The fourth-order valence-electron chi connectivity index (χ4n) is 3.92. The van der Waals surface area contributed by atoms with Crippen LogP contribution in [-0.4, -0.2) is 34.1 Å². The molecule has 0 aliphatic carbocycles. The Morgan fingerprint density at radius 2 is 1.65 bits per heavy atom. The molecule has 0 radical (unpaired) electrons. The Balaban J connectivity index is 1.55. The Morgan fingerprint density at radius 3 is 2.54 bits per heavy atom. The second-order valence-corrected chi connectivity index (χ2v) is 8.18. The second-order valence-electron chi connectivity index (χ2n) is 6.96. The number of nitrogens with zero attached hydrogens (tertiary/aromatic N) is 2. The number of thioether (sulfide) groups is 1. The zero-order chi connectivity index (χ0) is 17.3. The monoisotopic (exact) mass is 358 g/mol. The molecule has 2 heterocycles. The maximum absolute atomic E-state index is 2.58. The lowest BCUT2D eigenvalue weighted by Crippen LogP contribution is -2.31. The van der Waals surface area contributed by atoms with Gasteiger partial charge in [0.25, 0.3) is 0 Å². The molecule has 0 unspecified atom stereocenters. The number of hydrogen-bond donors (Lipinski definition) is 0. The zero-order valence-corrected chi connectivity index (χ0v) is 15.6. The molecule has 4 aromatic rings. The topological polar surface area (TPSA) is 8.17 Å². The molecule has 26 heavy (non-hydrogen) atoms. The minimum absolute atomic E-state index is 1.06. The van der Waals surface area contributed by atoms with E-state index in [0.717, 1.165) is 6.54 Å². The SMILES string of the molecule is c1ccc2cc(-n3ccc4c(CN5CCSCC5)cccc43)ccc2c1. The van der Waals surface area contributed by atoms with E-state index >= 15 is 0 Å². The van der Waals surface area contributed by atoms with Crippen molar-refractivity contribution in [3.63, 3.8) is 0 Å². The van der Waals surface area contributed by atoms with Crippen molar-refractivity contribution in [2.75, 3.05) is 24.6 Å². The van der Waals surface area contributed by atoms with Crippen LogP contribution in [0.1, 0.15) is 5.56 Å². The third-order valence-corrected chi connectivity index (χ3v) is 6.27. The van der Waals surface area contributed by atoms with Gasteiger partial charge in [0.15, 0.2) is 0 Å². The first-order valence-corrected chi connectivity index (χ1v) is 10.4. The molecule has 5 rings (SSSR count). The van der Waals surface area contributed by atoms with Crippen LogP contribution in [0.15, 0.2) is 72.9 Å². The van der Waals surface area contributed by atoms with E-state index in [1.54, 1.807) is 0 Å². The number of benzene rings is 3. The Labute approximate surface area is 158 Å². The highest BCUT2D eigenvalue weighted by atomic mass is 32.2. The van der Waals surface area contributed by atoms with Crippen LogP contribution >= 0.6 is 11.8 Å². The fraction of sp³-hybridized carbons (Fsp3) is 0.217. The summed E-state index contributed by atoms with van der Waals surface area (Å²) in [5.74, 6) is 2.52. The molecule has 1 aliphatic rings. The Morgan fingerprint density at radius 1 is 0.808 bits per heavy atom. The highest BCUT2D eigenvalue weighted by Crippen LogP contribution is 2.27. The van der Waals surface area contributed by atoms with Gasteiger partial charge in [-0.1, -0.05) is 42.5 Å². The fourth-order valence-corrected chi connectivity index (χ4v) is 4.90. The van der Waals surface area contributed by atoms with Crippen LogP contribution in [-0.2, 0) is 6.54 Å². The van der Waals surface area contributed by atoms with E-state index in [0.29, 0.717) is 0 Å². The van der Waals surface area contributed by atoms with Crippen LogP contribution < -0.4 is 0 Å². The second kappa shape index (κ2) is 6.82. The maximum Gasteiger partial charge on any atom is 0.0531 e. The summed E-state index contributed by atoms with van der Waals surface area (Å²) in [7, 11) is 0. The van der Waals surface area contributed by atoms with Crippen LogP contribution in [0, 0.1) is 0 Å². The average molecular weight is 359 g/mol. The van der Waals surface area contributed by atoms with E-state index in [9.17, 15) is 0 Å². The first kappa shape index (κ1) is 16.0. The lowest BCUT2D eigenvalue weighted by atomic mass is 10.1. The van der Waals surface area contributed by atoms with Crippen molar-refractivity contribution < 1.29 is 0 Å². The van der Waals surface area contributed by atoms with Crippen LogP contribution in [0.25, 0.3) is 27.4 Å². The summed E-state index contributed by atoms with van der Waals surface area (Å²) >= 11 is 2.07. The Bertz CT molecular complexity index is 1060. The first-order valence-electron chi connectivity index (χ1n) is 9.27. The van der Waals surface area contributed by atoms with Crippen molar-refractivity contribution in [2.24, 2.45) is 0 Å². The number of fused-ring (bicyclic) bond motifs is 2. The van der Waals surface area contributed by atoms with Gasteiger partial charge in [0.1, 0.15) is 0 Å². The average Bonchev–Trinajstić information content (AvgIpc) is 3.14. The van der Waals surface area contributed by atoms with Crippen LogP contribution in [0.5, 0.6) is 0 Å². The van der Waals surface area contributed by atoms with Gasteiger partial charge in [-0.25, -0.2) is 0 Å². The zero-order valence-electron chi connectivity index (χ0n) is 14.8. The van der Waals surface area contributed by atoms with Crippen molar-refractivity contribution in [1.29, 1.82) is 0 Å². The van der Waals surface area contributed by atoms with Gasteiger partial charge in [-0.3, -0.25) is 4.90 Å². The molecule has 0 spiro atoms. The van der Waals surface area contributed by atoms with Gasteiger partial charge in [-0.2, -0.15) is 11.8 Å². The third kappa shape index (κ3) is 2.91. The van der Waals surface area contributed by atoms with E-state index in [4.69, 9.17) is 0 Å². The highest BCUT2D eigenvalue weighted by molar-refractivity contribution is 7.99. The quantitative estimate of drug-likeness (QED) is 0.489. The van der Waals surface area contributed by atoms with E-state index < -0.39 is 0 Å². The van der Waals surface area contributed by atoms with Gasteiger partial charge >= 0.3 is 0 Å². The Hall–Kier alpha value is -2.23. The van der Waals surface area contributed by atoms with Gasteiger partial charge in [-0.15, -0.1) is 0 Å². The molecule has 1 saturated heterocycles. The molecule has 0 amide bonds. The lowest BCUT2D eigenvalue weighted by Gasteiger charge is -2.26. The molecule has 3 aromatic carbocycles. The van der Waals surface area contributed by atoms with Crippen LogP contribution in [0.2, 0.25) is 0 Å². The summed E-state index contributed by atoms with van der Waals surface area (Å²) in [6, 6.07) is 24.3. The molecular formula is C23H22N2S. The maximum atomic E-state index is 2.58. The van der Waals surface area contributed by atoms with E-state index in [-0.39, 0.29) is 0 Å². The van der Waals surface area contributed by atoms with Crippen molar-refractivity contribution in [3.8, 4) is 5.69 Å². The predicted molar refractivity (Wildman–Crippen MR) is 113 cm³/mol. The van der Waals surface area contributed by atoms with Crippen molar-refractivity contribution in [2.45, 2.75) is 6.54 Å². The minimum atomic E-state index is 1.06. The summed E-state index contributed by atoms with van der Waals surface area (Å²) in [6.07, 6.45) is 2.21. The van der Waals surface area contributed by atoms with Crippen LogP contribution in [0.4, 0.5) is 0 Å². The summed E-state index contributed by atoms with van der Waals surface area (Å²) in [6.45, 7) is 3.46. The molecule has 1 aliphatic heterocycles.